The third-order valence-electron chi connectivity index (χ3n) is 4.82. The highest BCUT2D eigenvalue weighted by Crippen LogP contribution is 2.35. The minimum Gasteiger partial charge on any atom is -0.464 e. The Morgan fingerprint density at radius 3 is 2.78 bits per heavy atom. The lowest BCUT2D eigenvalue weighted by atomic mass is 10.1. The lowest BCUT2D eigenvalue weighted by Gasteiger charge is -2.25. The van der Waals surface area contributed by atoms with E-state index >= 15 is 0 Å². The summed E-state index contributed by atoms with van der Waals surface area (Å²) in [7, 11) is 1.85. The molecule has 0 radical (unpaired) electrons. The monoisotopic (exact) mass is 373 g/mol. The van der Waals surface area contributed by atoms with E-state index in [0.29, 0.717) is 28.8 Å². The molecule has 3 rings (SSSR count). The van der Waals surface area contributed by atoms with Crippen LogP contribution in [0.25, 0.3) is 0 Å². The number of nitrogens with zero attached hydrogens (tertiary/aromatic N) is 3. The molecule has 1 aliphatic rings. The maximum Gasteiger partial charge on any atom is 0.335 e. The van der Waals surface area contributed by atoms with E-state index in [1.165, 1.54) is 11.0 Å². The quantitative estimate of drug-likeness (QED) is 0.730. The van der Waals surface area contributed by atoms with E-state index in [2.05, 4.69) is 4.98 Å². The number of carbonyl (C=O) groups is 2. The molecule has 144 valence electrons. The van der Waals surface area contributed by atoms with Crippen molar-refractivity contribution in [2.75, 3.05) is 6.61 Å². The first-order chi connectivity index (χ1) is 12.9. The van der Waals surface area contributed by atoms with Crippen LogP contribution in [0.1, 0.15) is 59.2 Å². The maximum atomic E-state index is 14.4. The van der Waals surface area contributed by atoms with Gasteiger partial charge in [-0.15, -0.1) is 0 Å². The van der Waals surface area contributed by atoms with Gasteiger partial charge in [0.2, 0.25) is 0 Å². The number of carbonyl (C=O) groups excluding carboxylic acids is 2. The van der Waals surface area contributed by atoms with Crippen LogP contribution in [0.3, 0.4) is 0 Å². The smallest absolute Gasteiger partial charge is 0.335 e. The third-order valence-corrected chi connectivity index (χ3v) is 4.82. The van der Waals surface area contributed by atoms with Gasteiger partial charge in [-0.25, -0.2) is 14.2 Å². The fourth-order valence-electron chi connectivity index (χ4n) is 3.58. The fourth-order valence-corrected chi connectivity index (χ4v) is 3.58. The van der Waals surface area contributed by atoms with Gasteiger partial charge < -0.3 is 14.2 Å². The molecule has 7 heteroatoms. The van der Waals surface area contributed by atoms with Gasteiger partial charge in [0, 0.05) is 23.9 Å². The highest BCUT2D eigenvalue weighted by atomic mass is 19.1. The number of benzene rings is 1. The highest BCUT2D eigenvalue weighted by molar-refractivity contribution is 6.01. The summed E-state index contributed by atoms with van der Waals surface area (Å²) < 4.78 is 21.5. The first-order valence-electron chi connectivity index (χ1n) is 9.15. The fraction of sp³-hybridized carbons (Fsp3) is 0.450. The first kappa shape index (κ1) is 19.1. The molecular formula is C20H24FN3O3. The Kier molecular flexibility index (Phi) is 5.30. The molecule has 1 amide bonds. The van der Waals surface area contributed by atoms with Crippen LogP contribution in [0.4, 0.5) is 4.39 Å². The molecule has 2 aromatic rings. The van der Waals surface area contributed by atoms with E-state index in [4.69, 9.17) is 4.74 Å². The number of amides is 1. The molecule has 0 saturated heterocycles. The number of halogens is 1. The SMILES string of the molecule is CCCc1c(C(C(=O)OCC)N2Cc3c(F)cc(C)cc3C2=O)ncn1C. The van der Waals surface area contributed by atoms with E-state index in [9.17, 15) is 14.0 Å². The summed E-state index contributed by atoms with van der Waals surface area (Å²) in [5.41, 5.74) is 2.65. The Hall–Kier alpha value is -2.70. The van der Waals surface area contributed by atoms with Gasteiger partial charge in [-0.05, 0) is 38.0 Å². The van der Waals surface area contributed by atoms with Gasteiger partial charge in [0.1, 0.15) is 5.82 Å². The van der Waals surface area contributed by atoms with Crippen LogP contribution in [-0.4, -0.2) is 32.9 Å². The molecule has 27 heavy (non-hydrogen) atoms. The average molecular weight is 373 g/mol. The molecule has 1 aromatic carbocycles. The van der Waals surface area contributed by atoms with E-state index in [0.717, 1.165) is 12.1 Å². The second kappa shape index (κ2) is 7.50. The van der Waals surface area contributed by atoms with Crippen molar-refractivity contribution in [1.29, 1.82) is 0 Å². The van der Waals surface area contributed by atoms with Crippen LogP contribution in [0.5, 0.6) is 0 Å². The standard InChI is InChI=1S/C20H24FN3O3/c1-5-7-16-17(22-11-23(16)4)18(20(26)27-6-2)24-10-14-13(19(24)25)8-12(3)9-15(14)21/h8-9,11,18H,5-7,10H2,1-4H3. The number of fused-ring (bicyclic) bond motifs is 1. The number of rotatable bonds is 6. The molecule has 0 aliphatic carbocycles. The van der Waals surface area contributed by atoms with Gasteiger partial charge >= 0.3 is 5.97 Å². The average Bonchev–Trinajstić information content (AvgIpc) is 3.12. The normalized spacial score (nSPS) is 14.4. The summed E-state index contributed by atoms with van der Waals surface area (Å²) >= 11 is 0. The van der Waals surface area contributed by atoms with Gasteiger partial charge in [-0.3, -0.25) is 4.79 Å². The van der Waals surface area contributed by atoms with Crippen molar-refractivity contribution >= 4 is 11.9 Å². The Labute approximate surface area is 157 Å². The number of ether oxygens (including phenoxy) is 1. The molecule has 0 saturated carbocycles. The van der Waals surface area contributed by atoms with Crippen LogP contribution in [-0.2, 0) is 29.5 Å². The van der Waals surface area contributed by atoms with Gasteiger partial charge in [-0.2, -0.15) is 0 Å². The van der Waals surface area contributed by atoms with E-state index in [1.54, 1.807) is 26.2 Å². The number of hydrogen-bond donors (Lipinski definition) is 0. The van der Waals surface area contributed by atoms with Crippen LogP contribution in [0.15, 0.2) is 18.5 Å². The van der Waals surface area contributed by atoms with Gasteiger partial charge in [0.05, 0.1) is 25.2 Å². The molecule has 0 N–H and O–H groups in total. The summed E-state index contributed by atoms with van der Waals surface area (Å²) in [6.07, 6.45) is 3.21. The largest absolute Gasteiger partial charge is 0.464 e. The van der Waals surface area contributed by atoms with E-state index in [-0.39, 0.29) is 19.1 Å². The van der Waals surface area contributed by atoms with Crippen molar-refractivity contribution < 1.29 is 18.7 Å². The predicted octanol–water partition coefficient (Wildman–Crippen LogP) is 3.08. The second-order valence-electron chi connectivity index (χ2n) is 6.80. The molecule has 1 aliphatic heterocycles. The maximum absolute atomic E-state index is 14.4. The van der Waals surface area contributed by atoms with Crippen molar-refractivity contribution in [3.05, 3.63) is 52.4 Å². The lowest BCUT2D eigenvalue weighted by Crippen LogP contribution is -2.36. The molecule has 6 nitrogen and oxygen atoms in total. The van der Waals surface area contributed by atoms with E-state index in [1.807, 2.05) is 18.5 Å². The Balaban J connectivity index is 2.07. The van der Waals surface area contributed by atoms with E-state index < -0.39 is 17.8 Å². The number of esters is 1. The van der Waals surface area contributed by atoms with Gasteiger partial charge in [0.25, 0.3) is 5.91 Å². The van der Waals surface area contributed by atoms with Crippen molar-refractivity contribution in [2.45, 2.75) is 46.2 Å². The Morgan fingerprint density at radius 2 is 2.11 bits per heavy atom. The molecule has 0 bridgehead atoms. The molecular weight excluding hydrogens is 349 g/mol. The summed E-state index contributed by atoms with van der Waals surface area (Å²) in [6.45, 7) is 5.69. The minimum atomic E-state index is -0.993. The molecule has 0 fully saturated rings. The van der Waals surface area contributed by atoms with Crippen LogP contribution >= 0.6 is 0 Å². The van der Waals surface area contributed by atoms with Crippen molar-refractivity contribution in [1.82, 2.24) is 14.5 Å². The first-order valence-corrected chi connectivity index (χ1v) is 9.15. The van der Waals surface area contributed by atoms with Crippen molar-refractivity contribution in [3.63, 3.8) is 0 Å². The van der Waals surface area contributed by atoms with Crippen molar-refractivity contribution in [3.8, 4) is 0 Å². The zero-order valence-corrected chi connectivity index (χ0v) is 16.1. The molecule has 1 unspecified atom stereocenters. The zero-order chi connectivity index (χ0) is 19.7. The number of imidazole rings is 1. The third kappa shape index (κ3) is 3.34. The van der Waals surface area contributed by atoms with Gasteiger partial charge in [-0.1, -0.05) is 13.3 Å². The molecule has 2 heterocycles. The lowest BCUT2D eigenvalue weighted by molar-refractivity contribution is -0.149. The number of aryl methyl sites for hydroxylation is 2. The Morgan fingerprint density at radius 1 is 1.37 bits per heavy atom. The van der Waals surface area contributed by atoms with Crippen LogP contribution in [0.2, 0.25) is 0 Å². The Bertz CT molecular complexity index is 891. The van der Waals surface area contributed by atoms with Crippen LogP contribution < -0.4 is 0 Å². The minimum absolute atomic E-state index is 0.0197. The van der Waals surface area contributed by atoms with Crippen molar-refractivity contribution in [2.24, 2.45) is 7.05 Å². The molecule has 0 spiro atoms. The number of aromatic nitrogens is 2. The van der Waals surface area contributed by atoms with Crippen LogP contribution in [0, 0.1) is 12.7 Å². The van der Waals surface area contributed by atoms with Gasteiger partial charge in [0.15, 0.2) is 6.04 Å². The zero-order valence-electron chi connectivity index (χ0n) is 16.1. The molecule has 1 aromatic heterocycles. The topological polar surface area (TPSA) is 64.4 Å². The second-order valence-corrected chi connectivity index (χ2v) is 6.80. The summed E-state index contributed by atoms with van der Waals surface area (Å²) in [4.78, 5) is 31.6. The summed E-state index contributed by atoms with van der Waals surface area (Å²) in [5, 5.41) is 0. The summed E-state index contributed by atoms with van der Waals surface area (Å²) in [5.74, 6) is -1.36. The highest BCUT2D eigenvalue weighted by Gasteiger charge is 2.41. The summed E-state index contributed by atoms with van der Waals surface area (Å²) in [6, 6.07) is 2.07. The number of hydrogen-bond acceptors (Lipinski definition) is 4. The predicted molar refractivity (Wildman–Crippen MR) is 97.6 cm³/mol. The molecule has 1 atom stereocenters.